The Bertz CT molecular complexity index is 875. The lowest BCUT2D eigenvalue weighted by molar-refractivity contribution is -0.141. The van der Waals surface area contributed by atoms with Crippen molar-refractivity contribution in [2.24, 2.45) is 5.92 Å². The van der Waals surface area contributed by atoms with Gasteiger partial charge in [0, 0.05) is 17.3 Å². The Morgan fingerprint density at radius 2 is 2.04 bits per heavy atom. The number of hydrogen-bond donors (Lipinski definition) is 2. The molecular weight excluding hydrogens is 337 g/mol. The minimum atomic E-state index is -0.977. The van der Waals surface area contributed by atoms with Crippen LogP contribution in [0.15, 0.2) is 18.2 Å². The summed E-state index contributed by atoms with van der Waals surface area (Å²) in [5, 5.41) is 16.2. The van der Waals surface area contributed by atoms with Crippen molar-refractivity contribution in [2.45, 2.75) is 46.1 Å². The smallest absolute Gasteiger partial charge is 0.308 e. The van der Waals surface area contributed by atoms with E-state index in [9.17, 15) is 14.0 Å². The number of carboxylic acids is 1. The van der Waals surface area contributed by atoms with Gasteiger partial charge in [-0.25, -0.2) is 9.07 Å². The number of carbonyl (C=O) groups is 2. The van der Waals surface area contributed by atoms with Crippen LogP contribution in [0.5, 0.6) is 0 Å². The van der Waals surface area contributed by atoms with Crippen LogP contribution in [-0.4, -0.2) is 32.8 Å². The molecule has 1 amide bonds. The zero-order valence-corrected chi connectivity index (χ0v) is 15.0. The Balaban J connectivity index is 1.95. The van der Waals surface area contributed by atoms with Crippen molar-refractivity contribution in [3.05, 3.63) is 46.5 Å². The van der Waals surface area contributed by atoms with Crippen LogP contribution in [-0.2, 0) is 17.6 Å². The molecule has 0 bridgehead atoms. The average molecular weight is 359 g/mol. The molecule has 1 aliphatic rings. The van der Waals surface area contributed by atoms with E-state index in [1.807, 2.05) is 6.92 Å². The molecule has 2 atom stereocenters. The summed E-state index contributed by atoms with van der Waals surface area (Å²) < 4.78 is 15.9. The molecule has 0 aliphatic heterocycles. The van der Waals surface area contributed by atoms with Gasteiger partial charge in [-0.1, -0.05) is 6.07 Å². The number of benzene rings is 1. The Hall–Kier alpha value is -2.70. The molecular formula is C19H22FN3O3. The Morgan fingerprint density at radius 1 is 1.31 bits per heavy atom. The molecule has 2 unspecified atom stereocenters. The van der Waals surface area contributed by atoms with Crippen molar-refractivity contribution in [2.75, 3.05) is 0 Å². The highest BCUT2D eigenvalue weighted by atomic mass is 19.1. The highest BCUT2D eigenvalue weighted by Crippen LogP contribution is 2.29. The molecule has 3 rings (SSSR count). The number of aromatic nitrogens is 2. The molecule has 0 saturated carbocycles. The molecule has 0 radical (unpaired) electrons. The zero-order valence-electron chi connectivity index (χ0n) is 15.0. The SMILES string of the molecule is Cc1ccc(-n2nc(C(=O)NC(C)C(C)C(=O)O)c3c2CCC3)c(F)c1. The highest BCUT2D eigenvalue weighted by Gasteiger charge is 2.29. The van der Waals surface area contributed by atoms with Gasteiger partial charge in [0.25, 0.3) is 5.91 Å². The van der Waals surface area contributed by atoms with Crippen LogP contribution in [0, 0.1) is 18.7 Å². The van der Waals surface area contributed by atoms with Gasteiger partial charge >= 0.3 is 5.97 Å². The van der Waals surface area contributed by atoms with Crippen LogP contribution in [0.1, 0.15) is 47.6 Å². The predicted molar refractivity (Wildman–Crippen MR) is 94.0 cm³/mol. The summed E-state index contributed by atoms with van der Waals surface area (Å²) in [6.07, 6.45) is 2.31. The summed E-state index contributed by atoms with van der Waals surface area (Å²) in [7, 11) is 0. The third-order valence-corrected chi connectivity index (χ3v) is 4.97. The van der Waals surface area contributed by atoms with Gasteiger partial charge in [0.1, 0.15) is 11.5 Å². The van der Waals surface area contributed by atoms with E-state index in [1.165, 1.54) is 17.7 Å². The number of carbonyl (C=O) groups excluding carboxylic acids is 1. The van der Waals surface area contributed by atoms with E-state index in [0.29, 0.717) is 12.1 Å². The predicted octanol–water partition coefficient (Wildman–Crippen LogP) is 2.65. The number of amides is 1. The van der Waals surface area contributed by atoms with Crippen LogP contribution in [0.4, 0.5) is 4.39 Å². The molecule has 1 heterocycles. The van der Waals surface area contributed by atoms with Crippen molar-refractivity contribution in [3.63, 3.8) is 0 Å². The quantitative estimate of drug-likeness (QED) is 0.860. The van der Waals surface area contributed by atoms with Crippen LogP contribution in [0.2, 0.25) is 0 Å². The number of aryl methyl sites for hydroxylation is 1. The first-order valence-electron chi connectivity index (χ1n) is 8.70. The number of halogens is 1. The van der Waals surface area contributed by atoms with Gasteiger partial charge in [-0.2, -0.15) is 5.10 Å². The maximum Gasteiger partial charge on any atom is 0.308 e. The Labute approximate surface area is 151 Å². The van der Waals surface area contributed by atoms with E-state index in [-0.39, 0.29) is 11.5 Å². The second kappa shape index (κ2) is 6.90. The van der Waals surface area contributed by atoms with Gasteiger partial charge < -0.3 is 10.4 Å². The van der Waals surface area contributed by atoms with Gasteiger partial charge in [-0.3, -0.25) is 9.59 Å². The van der Waals surface area contributed by atoms with Crippen LogP contribution in [0.3, 0.4) is 0 Å². The fourth-order valence-electron chi connectivity index (χ4n) is 3.22. The van der Waals surface area contributed by atoms with Crippen molar-refractivity contribution >= 4 is 11.9 Å². The van der Waals surface area contributed by atoms with Gasteiger partial charge in [0.2, 0.25) is 0 Å². The van der Waals surface area contributed by atoms with E-state index in [4.69, 9.17) is 5.11 Å². The van der Waals surface area contributed by atoms with E-state index in [1.54, 1.807) is 19.1 Å². The molecule has 2 N–H and O–H groups in total. The first-order chi connectivity index (χ1) is 12.3. The lowest BCUT2D eigenvalue weighted by atomic mass is 10.0. The van der Waals surface area contributed by atoms with Crippen molar-refractivity contribution in [1.29, 1.82) is 0 Å². The topological polar surface area (TPSA) is 84.2 Å². The maximum absolute atomic E-state index is 14.4. The summed E-state index contributed by atoms with van der Waals surface area (Å²) in [5.41, 5.74) is 3.04. The average Bonchev–Trinajstić information content (AvgIpc) is 3.16. The van der Waals surface area contributed by atoms with Gasteiger partial charge in [-0.05, 0) is 57.7 Å². The Morgan fingerprint density at radius 3 is 2.69 bits per heavy atom. The van der Waals surface area contributed by atoms with Gasteiger partial charge in [-0.15, -0.1) is 0 Å². The molecule has 138 valence electrons. The lowest BCUT2D eigenvalue weighted by Gasteiger charge is -2.17. The molecule has 0 spiro atoms. The maximum atomic E-state index is 14.4. The largest absolute Gasteiger partial charge is 0.481 e. The molecule has 2 aromatic rings. The molecule has 26 heavy (non-hydrogen) atoms. The van der Waals surface area contributed by atoms with Crippen LogP contribution < -0.4 is 5.32 Å². The van der Waals surface area contributed by atoms with Crippen molar-refractivity contribution in [3.8, 4) is 5.69 Å². The second-order valence-electron chi connectivity index (χ2n) is 6.88. The standard InChI is InChI=1S/C19H22FN3O3/c1-10-7-8-16(14(20)9-10)23-15-6-4-5-13(15)17(22-23)18(24)21-12(3)11(2)19(25)26/h7-9,11-12H,4-6H2,1-3H3,(H,21,24)(H,25,26). The van der Waals surface area contributed by atoms with Gasteiger partial charge in [0.05, 0.1) is 5.92 Å². The van der Waals surface area contributed by atoms with Gasteiger partial charge in [0.15, 0.2) is 5.69 Å². The highest BCUT2D eigenvalue weighted by molar-refractivity contribution is 5.94. The summed E-state index contributed by atoms with van der Waals surface area (Å²) in [6, 6.07) is 4.36. The van der Waals surface area contributed by atoms with Crippen molar-refractivity contribution < 1.29 is 19.1 Å². The molecule has 1 aromatic heterocycles. The normalized spacial score (nSPS) is 15.4. The Kier molecular flexibility index (Phi) is 4.80. The molecule has 0 saturated heterocycles. The minimum Gasteiger partial charge on any atom is -0.481 e. The monoisotopic (exact) mass is 359 g/mol. The van der Waals surface area contributed by atoms with E-state index < -0.39 is 23.8 Å². The molecule has 1 aromatic carbocycles. The number of hydrogen-bond acceptors (Lipinski definition) is 3. The minimum absolute atomic E-state index is 0.252. The summed E-state index contributed by atoms with van der Waals surface area (Å²) in [6.45, 7) is 5.00. The van der Waals surface area contributed by atoms with Crippen molar-refractivity contribution in [1.82, 2.24) is 15.1 Å². The van der Waals surface area contributed by atoms with Crippen LogP contribution >= 0.6 is 0 Å². The summed E-state index contributed by atoms with van der Waals surface area (Å²) in [4.78, 5) is 23.7. The number of nitrogens with zero attached hydrogens (tertiary/aromatic N) is 2. The molecule has 0 fully saturated rings. The summed E-state index contributed by atoms with van der Waals surface area (Å²) >= 11 is 0. The number of rotatable bonds is 5. The zero-order chi connectivity index (χ0) is 19.0. The fourth-order valence-corrected chi connectivity index (χ4v) is 3.22. The number of fused-ring (bicyclic) bond motifs is 1. The first kappa shape index (κ1) is 18.1. The summed E-state index contributed by atoms with van der Waals surface area (Å²) in [5.74, 6) is -2.50. The third-order valence-electron chi connectivity index (χ3n) is 4.97. The molecule has 1 aliphatic carbocycles. The number of aliphatic carboxylic acids is 1. The third kappa shape index (κ3) is 3.21. The van der Waals surface area contributed by atoms with E-state index in [2.05, 4.69) is 10.4 Å². The molecule has 7 heteroatoms. The van der Waals surface area contributed by atoms with E-state index >= 15 is 0 Å². The molecule has 6 nitrogen and oxygen atoms in total. The van der Waals surface area contributed by atoms with Crippen LogP contribution in [0.25, 0.3) is 5.69 Å². The number of carboxylic acid groups (broad SMARTS) is 1. The second-order valence-corrected chi connectivity index (χ2v) is 6.88. The first-order valence-corrected chi connectivity index (χ1v) is 8.70. The fraction of sp³-hybridized carbons (Fsp3) is 0.421. The lowest BCUT2D eigenvalue weighted by Crippen LogP contribution is -2.40. The van der Waals surface area contributed by atoms with E-state index in [0.717, 1.165) is 29.7 Å². The number of nitrogens with one attached hydrogen (secondary N) is 1.